The fraction of sp³-hybridized carbons (Fsp3) is 1.00. The highest BCUT2D eigenvalue weighted by molar-refractivity contribution is 7.90. The maximum Gasteiger partial charge on any atom is 0.148 e. The SMILES string of the molecule is CS(=O)(=O)CCN1CCCN(CCCN)CC1. The number of sulfone groups is 1. The summed E-state index contributed by atoms with van der Waals surface area (Å²) in [5.74, 6) is 0.274. The average Bonchev–Trinajstić information content (AvgIpc) is 2.48. The van der Waals surface area contributed by atoms with Crippen molar-refractivity contribution in [1.29, 1.82) is 0 Å². The van der Waals surface area contributed by atoms with Gasteiger partial charge in [0.2, 0.25) is 0 Å². The molecule has 0 radical (unpaired) electrons. The van der Waals surface area contributed by atoms with E-state index < -0.39 is 9.84 Å². The summed E-state index contributed by atoms with van der Waals surface area (Å²) in [4.78, 5) is 4.68. The molecule has 0 saturated carbocycles. The fourth-order valence-electron chi connectivity index (χ4n) is 2.08. The van der Waals surface area contributed by atoms with Crippen LogP contribution in [0.25, 0.3) is 0 Å². The van der Waals surface area contributed by atoms with Crippen LogP contribution in [0.5, 0.6) is 0 Å². The molecule has 1 aliphatic rings. The van der Waals surface area contributed by atoms with Gasteiger partial charge in [-0.1, -0.05) is 0 Å². The highest BCUT2D eigenvalue weighted by Gasteiger charge is 2.15. The first-order valence-corrected chi connectivity index (χ1v) is 8.40. The third-order valence-electron chi connectivity index (χ3n) is 3.14. The molecule has 1 heterocycles. The van der Waals surface area contributed by atoms with Crippen LogP contribution < -0.4 is 5.73 Å². The van der Waals surface area contributed by atoms with E-state index >= 15 is 0 Å². The van der Waals surface area contributed by atoms with E-state index in [1.165, 1.54) is 6.26 Å². The van der Waals surface area contributed by atoms with E-state index in [-0.39, 0.29) is 5.75 Å². The largest absolute Gasteiger partial charge is 0.330 e. The van der Waals surface area contributed by atoms with Gasteiger partial charge in [0.05, 0.1) is 5.75 Å². The van der Waals surface area contributed by atoms with E-state index in [4.69, 9.17) is 5.73 Å². The summed E-state index contributed by atoms with van der Waals surface area (Å²) in [6.07, 6.45) is 3.47. The first-order chi connectivity index (χ1) is 8.01. The minimum Gasteiger partial charge on any atom is -0.330 e. The molecule has 17 heavy (non-hydrogen) atoms. The molecule has 0 aliphatic carbocycles. The zero-order chi connectivity index (χ0) is 12.7. The first kappa shape index (κ1) is 14.9. The van der Waals surface area contributed by atoms with Gasteiger partial charge in [-0.3, -0.25) is 0 Å². The Bertz CT molecular complexity index is 306. The van der Waals surface area contributed by atoms with Gasteiger partial charge in [0.1, 0.15) is 9.84 Å². The molecule has 0 aromatic carbocycles. The highest BCUT2D eigenvalue weighted by atomic mass is 32.2. The maximum absolute atomic E-state index is 11.1. The summed E-state index contributed by atoms with van der Waals surface area (Å²) in [5.41, 5.74) is 5.50. The highest BCUT2D eigenvalue weighted by Crippen LogP contribution is 2.03. The van der Waals surface area contributed by atoms with Gasteiger partial charge >= 0.3 is 0 Å². The van der Waals surface area contributed by atoms with Crippen molar-refractivity contribution in [3.8, 4) is 0 Å². The van der Waals surface area contributed by atoms with Crippen molar-refractivity contribution in [2.45, 2.75) is 12.8 Å². The predicted octanol–water partition coefficient (Wildman–Crippen LogP) is -0.612. The van der Waals surface area contributed by atoms with Crippen LogP contribution in [0, 0.1) is 0 Å². The minimum absolute atomic E-state index is 0.274. The van der Waals surface area contributed by atoms with E-state index in [0.29, 0.717) is 6.54 Å². The number of hydrogen-bond donors (Lipinski definition) is 1. The fourth-order valence-corrected chi connectivity index (χ4v) is 2.67. The van der Waals surface area contributed by atoms with Gasteiger partial charge in [0.15, 0.2) is 0 Å². The lowest BCUT2D eigenvalue weighted by molar-refractivity contribution is 0.262. The monoisotopic (exact) mass is 263 g/mol. The molecule has 0 amide bonds. The van der Waals surface area contributed by atoms with Crippen LogP contribution in [0.15, 0.2) is 0 Å². The van der Waals surface area contributed by atoms with Crippen molar-refractivity contribution in [3.05, 3.63) is 0 Å². The van der Waals surface area contributed by atoms with Gasteiger partial charge in [-0.25, -0.2) is 8.42 Å². The van der Waals surface area contributed by atoms with Crippen LogP contribution in [0.4, 0.5) is 0 Å². The van der Waals surface area contributed by atoms with Crippen molar-refractivity contribution in [1.82, 2.24) is 9.80 Å². The molecule has 5 nitrogen and oxygen atoms in total. The molecule has 2 N–H and O–H groups in total. The molecular weight excluding hydrogens is 238 g/mol. The molecule has 0 bridgehead atoms. The van der Waals surface area contributed by atoms with E-state index in [1.54, 1.807) is 0 Å². The minimum atomic E-state index is -2.83. The van der Waals surface area contributed by atoms with Gasteiger partial charge in [0, 0.05) is 25.9 Å². The van der Waals surface area contributed by atoms with E-state index in [0.717, 1.165) is 52.1 Å². The van der Waals surface area contributed by atoms with Gasteiger partial charge in [-0.2, -0.15) is 0 Å². The molecule has 1 fully saturated rings. The third kappa shape index (κ3) is 6.98. The van der Waals surface area contributed by atoms with Crippen molar-refractivity contribution in [2.24, 2.45) is 5.73 Å². The topological polar surface area (TPSA) is 66.6 Å². The lowest BCUT2D eigenvalue weighted by Crippen LogP contribution is -2.34. The lowest BCUT2D eigenvalue weighted by Gasteiger charge is -2.21. The second-order valence-corrected chi connectivity index (χ2v) is 7.07. The number of nitrogens with two attached hydrogens (primary N) is 1. The summed E-state index contributed by atoms with van der Waals surface area (Å²) in [5, 5.41) is 0. The quantitative estimate of drug-likeness (QED) is 0.692. The molecule has 0 unspecified atom stereocenters. The van der Waals surface area contributed by atoms with Crippen molar-refractivity contribution in [3.63, 3.8) is 0 Å². The molecule has 0 atom stereocenters. The Balaban J connectivity index is 2.27. The molecule has 1 rings (SSSR count). The van der Waals surface area contributed by atoms with Crippen molar-refractivity contribution in [2.75, 3.05) is 57.8 Å². The van der Waals surface area contributed by atoms with Crippen LogP contribution in [0.3, 0.4) is 0 Å². The average molecular weight is 263 g/mol. The van der Waals surface area contributed by atoms with E-state index in [1.807, 2.05) is 0 Å². The van der Waals surface area contributed by atoms with Crippen LogP contribution in [0.1, 0.15) is 12.8 Å². The second kappa shape index (κ2) is 7.31. The van der Waals surface area contributed by atoms with E-state index in [2.05, 4.69) is 9.80 Å². The number of rotatable bonds is 6. The van der Waals surface area contributed by atoms with Crippen molar-refractivity contribution >= 4 is 9.84 Å². The Hall–Kier alpha value is -0.170. The van der Waals surface area contributed by atoms with Crippen LogP contribution in [-0.4, -0.2) is 76.0 Å². The molecule has 0 aromatic rings. The zero-order valence-electron chi connectivity index (χ0n) is 10.8. The standard InChI is InChI=1S/C11H25N3O2S/c1-17(15,16)11-10-14-7-3-6-13(8-9-14)5-2-4-12/h2-12H2,1H3. The summed E-state index contributed by atoms with van der Waals surface area (Å²) < 4.78 is 22.2. The Kier molecular flexibility index (Phi) is 6.40. The van der Waals surface area contributed by atoms with Gasteiger partial charge in [-0.15, -0.1) is 0 Å². The van der Waals surface area contributed by atoms with Crippen LogP contribution in [-0.2, 0) is 9.84 Å². The second-order valence-electron chi connectivity index (χ2n) is 4.81. The molecule has 0 spiro atoms. The Morgan fingerprint density at radius 3 is 2.18 bits per heavy atom. The Morgan fingerprint density at radius 1 is 1.06 bits per heavy atom. The maximum atomic E-state index is 11.1. The summed E-state index contributed by atoms with van der Waals surface area (Å²) in [6.45, 7) is 6.60. The molecule has 1 aliphatic heterocycles. The number of nitrogens with zero attached hydrogens (tertiary/aromatic N) is 2. The normalized spacial score (nSPS) is 20.4. The first-order valence-electron chi connectivity index (χ1n) is 6.34. The van der Waals surface area contributed by atoms with Gasteiger partial charge in [0.25, 0.3) is 0 Å². The predicted molar refractivity (Wildman–Crippen MR) is 70.9 cm³/mol. The van der Waals surface area contributed by atoms with Crippen LogP contribution >= 0.6 is 0 Å². The summed E-state index contributed by atoms with van der Waals surface area (Å²) in [7, 11) is -2.83. The van der Waals surface area contributed by atoms with E-state index in [9.17, 15) is 8.42 Å². The Morgan fingerprint density at radius 2 is 1.65 bits per heavy atom. The summed E-state index contributed by atoms with van der Waals surface area (Å²) in [6, 6.07) is 0. The third-order valence-corrected chi connectivity index (χ3v) is 4.06. The summed E-state index contributed by atoms with van der Waals surface area (Å²) >= 11 is 0. The molecular formula is C11H25N3O2S. The Labute approximate surface area is 105 Å². The molecule has 6 heteroatoms. The zero-order valence-corrected chi connectivity index (χ0v) is 11.6. The number of hydrogen-bond acceptors (Lipinski definition) is 5. The lowest BCUT2D eigenvalue weighted by atomic mass is 10.3. The molecule has 102 valence electrons. The van der Waals surface area contributed by atoms with Gasteiger partial charge < -0.3 is 15.5 Å². The van der Waals surface area contributed by atoms with Crippen molar-refractivity contribution < 1.29 is 8.42 Å². The molecule has 1 saturated heterocycles. The smallest absolute Gasteiger partial charge is 0.148 e. The van der Waals surface area contributed by atoms with Gasteiger partial charge in [-0.05, 0) is 39.0 Å². The molecule has 0 aromatic heterocycles. The van der Waals surface area contributed by atoms with Crippen LogP contribution in [0.2, 0.25) is 0 Å².